The molecule has 2 atom stereocenters. The highest BCUT2D eigenvalue weighted by molar-refractivity contribution is 4.85. The Labute approximate surface area is 93.6 Å². The van der Waals surface area contributed by atoms with Crippen LogP contribution in [0, 0.1) is 17.2 Å². The molecule has 2 unspecified atom stereocenters. The van der Waals surface area contributed by atoms with Gasteiger partial charge in [-0.25, -0.2) is 0 Å². The van der Waals surface area contributed by atoms with Crippen LogP contribution in [-0.4, -0.2) is 19.3 Å². The van der Waals surface area contributed by atoms with Crippen LogP contribution in [0.5, 0.6) is 0 Å². The molecular weight excluding hydrogens is 188 g/mol. The van der Waals surface area contributed by atoms with E-state index in [9.17, 15) is 0 Å². The maximum Gasteiger partial charge on any atom is 0.0950 e. The van der Waals surface area contributed by atoms with Crippen LogP contribution in [-0.2, 0) is 4.74 Å². The molecule has 0 aliphatic rings. The van der Waals surface area contributed by atoms with E-state index >= 15 is 0 Å². The van der Waals surface area contributed by atoms with Gasteiger partial charge in [0.05, 0.1) is 12.1 Å². The van der Waals surface area contributed by atoms with Crippen molar-refractivity contribution in [3.8, 4) is 6.07 Å². The van der Waals surface area contributed by atoms with Gasteiger partial charge in [-0.05, 0) is 18.8 Å². The van der Waals surface area contributed by atoms with Crippen molar-refractivity contribution in [1.29, 1.82) is 5.26 Å². The molecule has 0 rings (SSSR count). The Hall–Kier alpha value is -0.590. The highest BCUT2D eigenvalue weighted by Crippen LogP contribution is 2.12. The summed E-state index contributed by atoms with van der Waals surface area (Å²) in [6.07, 6.45) is 5.58. The average molecular weight is 212 g/mol. The molecular formula is C12H24N2O. The molecule has 0 amide bonds. The Morgan fingerprint density at radius 1 is 1.33 bits per heavy atom. The van der Waals surface area contributed by atoms with Crippen molar-refractivity contribution >= 4 is 0 Å². The number of nitrogens with two attached hydrogens (primary N) is 1. The Bertz CT molecular complexity index is 177. The number of hydrogen-bond acceptors (Lipinski definition) is 3. The normalized spacial score (nSPS) is 14.5. The summed E-state index contributed by atoms with van der Waals surface area (Å²) in [7, 11) is 0. The Balaban J connectivity index is 3.42. The zero-order valence-electron chi connectivity index (χ0n) is 10.0. The third-order valence-corrected chi connectivity index (χ3v) is 2.64. The summed E-state index contributed by atoms with van der Waals surface area (Å²) in [4.78, 5) is 0. The second-order valence-corrected chi connectivity index (χ2v) is 4.02. The number of rotatable bonds is 9. The third kappa shape index (κ3) is 8.41. The number of hydrogen-bond donors (Lipinski definition) is 1. The highest BCUT2D eigenvalue weighted by atomic mass is 16.5. The summed E-state index contributed by atoms with van der Waals surface area (Å²) in [6.45, 7) is 5.83. The molecule has 0 saturated heterocycles. The molecule has 0 aromatic heterocycles. The van der Waals surface area contributed by atoms with E-state index in [0.29, 0.717) is 18.9 Å². The topological polar surface area (TPSA) is 59.0 Å². The van der Waals surface area contributed by atoms with E-state index in [4.69, 9.17) is 15.7 Å². The standard InChI is InChI=1S/C12H24N2O/c1-3-5-6-11(4-2)10-15-8-7-12(14)9-13/h11-12H,3-8,10,14H2,1-2H3. The highest BCUT2D eigenvalue weighted by Gasteiger charge is 2.06. The van der Waals surface area contributed by atoms with Gasteiger partial charge in [-0.15, -0.1) is 0 Å². The van der Waals surface area contributed by atoms with Crippen LogP contribution in [0.3, 0.4) is 0 Å². The van der Waals surface area contributed by atoms with E-state index < -0.39 is 0 Å². The van der Waals surface area contributed by atoms with E-state index in [0.717, 1.165) is 6.61 Å². The minimum absolute atomic E-state index is 0.374. The minimum Gasteiger partial charge on any atom is -0.381 e. The van der Waals surface area contributed by atoms with E-state index in [2.05, 4.69) is 13.8 Å². The van der Waals surface area contributed by atoms with Crippen molar-refractivity contribution in [2.75, 3.05) is 13.2 Å². The maximum atomic E-state index is 8.48. The maximum absolute atomic E-state index is 8.48. The second kappa shape index (κ2) is 9.95. The van der Waals surface area contributed by atoms with Gasteiger partial charge in [0.2, 0.25) is 0 Å². The minimum atomic E-state index is -0.374. The molecule has 0 aliphatic carbocycles. The molecule has 3 heteroatoms. The lowest BCUT2D eigenvalue weighted by atomic mass is 10.0. The fourth-order valence-corrected chi connectivity index (χ4v) is 1.42. The van der Waals surface area contributed by atoms with Gasteiger partial charge in [0.25, 0.3) is 0 Å². The average Bonchev–Trinajstić information content (AvgIpc) is 2.27. The molecule has 3 nitrogen and oxygen atoms in total. The van der Waals surface area contributed by atoms with Gasteiger partial charge in [0, 0.05) is 13.2 Å². The van der Waals surface area contributed by atoms with Crippen LogP contribution in [0.1, 0.15) is 46.0 Å². The summed E-state index contributed by atoms with van der Waals surface area (Å²) in [5.74, 6) is 0.670. The molecule has 15 heavy (non-hydrogen) atoms. The predicted octanol–water partition coefficient (Wildman–Crippen LogP) is 2.46. The van der Waals surface area contributed by atoms with E-state index in [1.54, 1.807) is 0 Å². The first-order valence-corrected chi connectivity index (χ1v) is 5.97. The number of ether oxygens (including phenoxy) is 1. The van der Waals surface area contributed by atoms with Crippen LogP contribution in [0.4, 0.5) is 0 Å². The Morgan fingerprint density at radius 2 is 2.07 bits per heavy atom. The van der Waals surface area contributed by atoms with Crippen LogP contribution in [0.25, 0.3) is 0 Å². The molecule has 0 heterocycles. The SMILES string of the molecule is CCCCC(CC)COCCC(N)C#N. The lowest BCUT2D eigenvalue weighted by Gasteiger charge is -2.14. The monoisotopic (exact) mass is 212 g/mol. The summed E-state index contributed by atoms with van der Waals surface area (Å²) >= 11 is 0. The molecule has 0 aromatic carbocycles. The van der Waals surface area contributed by atoms with Crippen LogP contribution in [0.15, 0.2) is 0 Å². The lowest BCUT2D eigenvalue weighted by molar-refractivity contribution is 0.0910. The predicted molar refractivity (Wildman–Crippen MR) is 62.3 cm³/mol. The van der Waals surface area contributed by atoms with Gasteiger partial charge < -0.3 is 10.5 Å². The van der Waals surface area contributed by atoms with E-state index in [-0.39, 0.29) is 6.04 Å². The van der Waals surface area contributed by atoms with Gasteiger partial charge >= 0.3 is 0 Å². The number of nitrogens with zero attached hydrogens (tertiary/aromatic N) is 1. The molecule has 2 N–H and O–H groups in total. The fraction of sp³-hybridized carbons (Fsp3) is 0.917. The molecule has 0 spiro atoms. The number of nitriles is 1. The van der Waals surface area contributed by atoms with E-state index in [1.807, 2.05) is 6.07 Å². The van der Waals surface area contributed by atoms with Gasteiger partial charge in [-0.1, -0.05) is 33.1 Å². The van der Waals surface area contributed by atoms with Crippen LogP contribution >= 0.6 is 0 Å². The van der Waals surface area contributed by atoms with Crippen molar-refractivity contribution in [2.45, 2.75) is 52.0 Å². The second-order valence-electron chi connectivity index (χ2n) is 4.02. The van der Waals surface area contributed by atoms with Crippen molar-refractivity contribution in [3.63, 3.8) is 0 Å². The smallest absolute Gasteiger partial charge is 0.0950 e. The van der Waals surface area contributed by atoms with Crippen molar-refractivity contribution in [2.24, 2.45) is 11.7 Å². The molecule has 0 radical (unpaired) electrons. The quantitative estimate of drug-likeness (QED) is 0.597. The molecule has 0 aromatic rings. The Kier molecular flexibility index (Phi) is 9.55. The van der Waals surface area contributed by atoms with Crippen molar-refractivity contribution in [1.82, 2.24) is 0 Å². The largest absolute Gasteiger partial charge is 0.381 e. The van der Waals surface area contributed by atoms with Crippen molar-refractivity contribution < 1.29 is 4.74 Å². The zero-order chi connectivity index (χ0) is 11.5. The first kappa shape index (κ1) is 14.4. The van der Waals surface area contributed by atoms with Crippen LogP contribution in [0.2, 0.25) is 0 Å². The molecule has 88 valence electrons. The van der Waals surface area contributed by atoms with Gasteiger partial charge in [0.15, 0.2) is 0 Å². The Morgan fingerprint density at radius 3 is 2.60 bits per heavy atom. The first-order chi connectivity index (χ1) is 7.24. The van der Waals surface area contributed by atoms with E-state index in [1.165, 1.54) is 25.7 Å². The summed E-state index contributed by atoms with van der Waals surface area (Å²) in [6, 6.07) is 1.62. The molecule has 0 saturated carbocycles. The zero-order valence-corrected chi connectivity index (χ0v) is 10.0. The number of unbranched alkanes of at least 4 members (excludes halogenated alkanes) is 1. The molecule has 0 fully saturated rings. The van der Waals surface area contributed by atoms with Crippen molar-refractivity contribution in [3.05, 3.63) is 0 Å². The first-order valence-electron chi connectivity index (χ1n) is 5.97. The summed E-state index contributed by atoms with van der Waals surface area (Å²) < 4.78 is 5.53. The summed E-state index contributed by atoms with van der Waals surface area (Å²) in [5, 5.41) is 8.48. The molecule has 0 aliphatic heterocycles. The van der Waals surface area contributed by atoms with Gasteiger partial charge in [0.1, 0.15) is 0 Å². The summed E-state index contributed by atoms with van der Waals surface area (Å²) in [5.41, 5.74) is 5.46. The van der Waals surface area contributed by atoms with Gasteiger partial charge in [-0.2, -0.15) is 5.26 Å². The third-order valence-electron chi connectivity index (χ3n) is 2.64. The van der Waals surface area contributed by atoms with Crippen LogP contribution < -0.4 is 5.73 Å². The lowest BCUT2D eigenvalue weighted by Crippen LogP contribution is -2.20. The molecule has 0 bridgehead atoms. The fourth-order valence-electron chi connectivity index (χ4n) is 1.42. The van der Waals surface area contributed by atoms with Gasteiger partial charge in [-0.3, -0.25) is 0 Å².